The molecular formula is C17H15F3N2O5. The summed E-state index contributed by atoms with van der Waals surface area (Å²) in [6.45, 7) is 1.15. The van der Waals surface area contributed by atoms with Gasteiger partial charge in [-0.05, 0) is 31.2 Å². The lowest BCUT2D eigenvalue weighted by molar-refractivity contribution is -0.153. The number of anilines is 1. The average Bonchev–Trinajstić information content (AvgIpc) is 3.16. The molecule has 0 aliphatic heterocycles. The molecule has 0 radical (unpaired) electrons. The Morgan fingerprint density at radius 3 is 2.56 bits per heavy atom. The van der Waals surface area contributed by atoms with Crippen LogP contribution in [0, 0.1) is 17.5 Å². The maximum Gasteiger partial charge on any atom is 0.308 e. The molecular weight excluding hydrogens is 369 g/mol. The van der Waals surface area contributed by atoms with Crippen LogP contribution >= 0.6 is 0 Å². The second kappa shape index (κ2) is 8.88. The van der Waals surface area contributed by atoms with Gasteiger partial charge in [0.2, 0.25) is 0 Å². The number of esters is 1. The highest BCUT2D eigenvalue weighted by molar-refractivity contribution is 5.95. The number of halogens is 3. The molecule has 1 heterocycles. The molecule has 2 amide bonds. The van der Waals surface area contributed by atoms with Crippen LogP contribution in [0.4, 0.5) is 18.9 Å². The van der Waals surface area contributed by atoms with Crippen molar-refractivity contribution in [2.24, 2.45) is 0 Å². The summed E-state index contributed by atoms with van der Waals surface area (Å²) >= 11 is 0. The summed E-state index contributed by atoms with van der Waals surface area (Å²) in [6.07, 6.45) is -0.242. The van der Waals surface area contributed by atoms with Gasteiger partial charge in [-0.25, -0.2) is 13.2 Å². The molecule has 0 saturated carbocycles. The molecule has 0 saturated heterocycles. The Kier molecular flexibility index (Phi) is 6.58. The number of benzene rings is 1. The molecule has 7 nitrogen and oxygen atoms in total. The molecule has 0 spiro atoms. The molecule has 1 aromatic carbocycles. The third-order valence-electron chi connectivity index (χ3n) is 3.33. The zero-order valence-corrected chi connectivity index (χ0v) is 14.1. The van der Waals surface area contributed by atoms with Crippen LogP contribution in [0.1, 0.15) is 23.9 Å². The number of ether oxygens (including phenoxy) is 1. The maximum absolute atomic E-state index is 13.5. The highest BCUT2D eigenvalue weighted by atomic mass is 19.2. The van der Waals surface area contributed by atoms with Crippen LogP contribution in [0.3, 0.4) is 0 Å². The van der Waals surface area contributed by atoms with Crippen molar-refractivity contribution in [3.05, 3.63) is 53.7 Å². The van der Waals surface area contributed by atoms with Gasteiger partial charge in [0, 0.05) is 6.54 Å². The van der Waals surface area contributed by atoms with E-state index in [9.17, 15) is 27.6 Å². The molecule has 0 unspecified atom stereocenters. The van der Waals surface area contributed by atoms with Gasteiger partial charge < -0.3 is 19.8 Å². The number of rotatable bonds is 7. The Balaban J connectivity index is 1.79. The molecule has 1 atom stereocenters. The predicted molar refractivity (Wildman–Crippen MR) is 86.2 cm³/mol. The third kappa shape index (κ3) is 5.33. The summed E-state index contributed by atoms with van der Waals surface area (Å²) in [7, 11) is 0. The van der Waals surface area contributed by atoms with Gasteiger partial charge in [-0.15, -0.1) is 0 Å². The van der Waals surface area contributed by atoms with E-state index in [1.807, 2.05) is 5.32 Å². The van der Waals surface area contributed by atoms with Crippen molar-refractivity contribution in [3.63, 3.8) is 0 Å². The summed E-state index contributed by atoms with van der Waals surface area (Å²) in [5.41, 5.74) is -0.590. The fourth-order valence-electron chi connectivity index (χ4n) is 1.94. The Bertz CT molecular complexity index is 839. The summed E-state index contributed by atoms with van der Waals surface area (Å²) < 4.78 is 49.2. The Hall–Kier alpha value is -3.30. The SMILES string of the molecule is C[C@H](OC(=O)CCNC(=O)c1ccco1)C(=O)Nc1ccc(F)c(F)c1F. The van der Waals surface area contributed by atoms with Crippen LogP contribution in [-0.4, -0.2) is 30.4 Å². The highest BCUT2D eigenvalue weighted by Crippen LogP contribution is 2.19. The Labute approximate surface area is 151 Å². The number of carbonyl (C=O) groups excluding carboxylic acids is 3. The maximum atomic E-state index is 13.5. The first-order valence-corrected chi connectivity index (χ1v) is 7.75. The van der Waals surface area contributed by atoms with Crippen molar-refractivity contribution in [1.29, 1.82) is 0 Å². The Morgan fingerprint density at radius 1 is 1.15 bits per heavy atom. The first-order chi connectivity index (χ1) is 12.8. The quantitative estimate of drug-likeness (QED) is 0.564. The van der Waals surface area contributed by atoms with Crippen molar-refractivity contribution in [2.45, 2.75) is 19.4 Å². The van der Waals surface area contributed by atoms with E-state index in [4.69, 9.17) is 9.15 Å². The van der Waals surface area contributed by atoms with Gasteiger partial charge in [0.15, 0.2) is 29.3 Å². The van der Waals surface area contributed by atoms with E-state index in [1.165, 1.54) is 25.3 Å². The van der Waals surface area contributed by atoms with Gasteiger partial charge in [0.1, 0.15) is 0 Å². The lowest BCUT2D eigenvalue weighted by Crippen LogP contribution is -2.32. The van der Waals surface area contributed by atoms with E-state index >= 15 is 0 Å². The van der Waals surface area contributed by atoms with E-state index in [2.05, 4.69) is 5.32 Å². The average molecular weight is 384 g/mol. The Morgan fingerprint density at radius 2 is 1.89 bits per heavy atom. The zero-order chi connectivity index (χ0) is 20.0. The van der Waals surface area contributed by atoms with E-state index in [1.54, 1.807) is 0 Å². The van der Waals surface area contributed by atoms with E-state index < -0.39 is 47.0 Å². The van der Waals surface area contributed by atoms with Crippen molar-refractivity contribution in [3.8, 4) is 0 Å². The second-order valence-electron chi connectivity index (χ2n) is 5.33. The summed E-state index contributed by atoms with van der Waals surface area (Å²) in [4.78, 5) is 35.2. The molecule has 0 fully saturated rings. The fourth-order valence-corrected chi connectivity index (χ4v) is 1.94. The summed E-state index contributed by atoms with van der Waals surface area (Å²) in [6, 6.07) is 4.45. The number of hydrogen-bond donors (Lipinski definition) is 2. The molecule has 2 aromatic rings. The monoisotopic (exact) mass is 384 g/mol. The molecule has 0 aliphatic carbocycles. The number of furan rings is 1. The smallest absolute Gasteiger partial charge is 0.308 e. The molecule has 27 heavy (non-hydrogen) atoms. The predicted octanol–water partition coefficient (Wildman–Crippen LogP) is 2.39. The van der Waals surface area contributed by atoms with Gasteiger partial charge >= 0.3 is 5.97 Å². The van der Waals surface area contributed by atoms with Crippen molar-refractivity contribution >= 4 is 23.5 Å². The minimum atomic E-state index is -1.73. The minimum absolute atomic E-state index is 0.0650. The third-order valence-corrected chi connectivity index (χ3v) is 3.33. The van der Waals surface area contributed by atoms with Crippen molar-refractivity contribution < 1.29 is 36.7 Å². The molecule has 0 aliphatic rings. The zero-order valence-electron chi connectivity index (χ0n) is 14.1. The largest absolute Gasteiger partial charge is 0.459 e. The summed E-state index contributed by atoms with van der Waals surface area (Å²) in [5, 5.41) is 4.41. The molecule has 2 N–H and O–H groups in total. The minimum Gasteiger partial charge on any atom is -0.459 e. The number of amides is 2. The van der Waals surface area contributed by atoms with Crippen molar-refractivity contribution in [2.75, 3.05) is 11.9 Å². The van der Waals surface area contributed by atoms with E-state index in [-0.39, 0.29) is 18.7 Å². The number of nitrogens with one attached hydrogen (secondary N) is 2. The number of carbonyl (C=O) groups is 3. The normalized spacial score (nSPS) is 11.6. The van der Waals surface area contributed by atoms with Crippen LogP contribution < -0.4 is 10.6 Å². The van der Waals surface area contributed by atoms with Gasteiger partial charge in [-0.2, -0.15) is 0 Å². The van der Waals surface area contributed by atoms with Crippen LogP contribution in [-0.2, 0) is 14.3 Å². The van der Waals surface area contributed by atoms with Gasteiger partial charge in [-0.1, -0.05) is 0 Å². The highest BCUT2D eigenvalue weighted by Gasteiger charge is 2.21. The molecule has 1 aromatic heterocycles. The fraction of sp³-hybridized carbons (Fsp3) is 0.235. The first kappa shape index (κ1) is 20.0. The number of hydrogen-bond acceptors (Lipinski definition) is 5. The lowest BCUT2D eigenvalue weighted by atomic mass is 10.2. The summed E-state index contributed by atoms with van der Waals surface area (Å²) in [5.74, 6) is -6.89. The van der Waals surface area contributed by atoms with Crippen LogP contribution in [0.2, 0.25) is 0 Å². The van der Waals surface area contributed by atoms with Gasteiger partial charge in [-0.3, -0.25) is 14.4 Å². The second-order valence-corrected chi connectivity index (χ2v) is 5.33. The molecule has 2 rings (SSSR count). The van der Waals surface area contributed by atoms with E-state index in [0.717, 1.165) is 6.07 Å². The van der Waals surface area contributed by atoms with Gasteiger partial charge in [0.25, 0.3) is 11.8 Å². The molecule has 10 heteroatoms. The van der Waals surface area contributed by atoms with Crippen molar-refractivity contribution in [1.82, 2.24) is 5.32 Å². The van der Waals surface area contributed by atoms with E-state index in [0.29, 0.717) is 6.07 Å². The lowest BCUT2D eigenvalue weighted by Gasteiger charge is -2.14. The standard InChI is InChI=1S/C17H15F3N2O5/c1-9(16(24)22-11-5-4-10(18)14(19)15(11)20)27-13(23)6-7-21-17(25)12-3-2-8-26-12/h2-5,8-9H,6-7H2,1H3,(H,21,25)(H,22,24)/t9-/m0/s1. The topological polar surface area (TPSA) is 97.6 Å². The van der Waals surface area contributed by atoms with Crippen LogP contribution in [0.25, 0.3) is 0 Å². The molecule has 0 bridgehead atoms. The molecule has 144 valence electrons. The van der Waals surface area contributed by atoms with Crippen LogP contribution in [0.15, 0.2) is 34.9 Å². The van der Waals surface area contributed by atoms with Crippen LogP contribution in [0.5, 0.6) is 0 Å². The first-order valence-electron chi connectivity index (χ1n) is 7.75. The van der Waals surface area contributed by atoms with Gasteiger partial charge in [0.05, 0.1) is 18.4 Å².